The van der Waals surface area contributed by atoms with Crippen LogP contribution < -0.4 is 16.4 Å². The number of hydrogen-bond donors (Lipinski definition) is 3. The van der Waals surface area contributed by atoms with Crippen molar-refractivity contribution in [1.29, 1.82) is 0 Å². The van der Waals surface area contributed by atoms with Crippen molar-refractivity contribution in [2.24, 2.45) is 0 Å². The van der Waals surface area contributed by atoms with Crippen LogP contribution in [0.25, 0.3) is 0 Å². The van der Waals surface area contributed by atoms with Gasteiger partial charge in [0.1, 0.15) is 9.84 Å². The topological polar surface area (TPSA) is 121 Å². The number of H-pyrrole nitrogens is 1. The monoisotopic (exact) mass is 344 g/mol. The quantitative estimate of drug-likeness (QED) is 0.428. The average molecular weight is 344 g/mol. The highest BCUT2D eigenvalue weighted by Crippen LogP contribution is 2.06. The second kappa shape index (κ2) is 9.29. The number of aromatic amines is 1. The standard InChI is InChI=1S/C14H24N4O4S/c1-11-10-13(20)16-14(15-11)18-17-12(19)8-6-4-3-5-7-9-23(2,21)22/h10H,3-9H2,1-2H3,(H,17,19)(H2,15,16,18,20). The molecule has 0 saturated heterocycles. The Morgan fingerprint density at radius 2 is 1.87 bits per heavy atom. The smallest absolute Gasteiger partial charge is 0.252 e. The first-order chi connectivity index (χ1) is 10.8. The minimum Gasteiger partial charge on any atom is -0.291 e. The van der Waals surface area contributed by atoms with Crippen LogP contribution >= 0.6 is 0 Å². The highest BCUT2D eigenvalue weighted by atomic mass is 32.2. The highest BCUT2D eigenvalue weighted by Gasteiger charge is 2.04. The van der Waals surface area contributed by atoms with Gasteiger partial charge in [-0.2, -0.15) is 0 Å². The Morgan fingerprint density at radius 1 is 1.22 bits per heavy atom. The molecule has 0 aliphatic carbocycles. The van der Waals surface area contributed by atoms with E-state index >= 15 is 0 Å². The van der Waals surface area contributed by atoms with Crippen molar-refractivity contribution in [3.63, 3.8) is 0 Å². The van der Waals surface area contributed by atoms with E-state index in [1.165, 1.54) is 12.3 Å². The summed E-state index contributed by atoms with van der Waals surface area (Å²) in [4.78, 5) is 29.4. The molecule has 0 radical (unpaired) electrons. The lowest BCUT2D eigenvalue weighted by molar-refractivity contribution is -0.120. The molecule has 0 bridgehead atoms. The van der Waals surface area contributed by atoms with Crippen molar-refractivity contribution in [3.8, 4) is 0 Å². The maximum Gasteiger partial charge on any atom is 0.252 e. The molecule has 9 heteroatoms. The minimum absolute atomic E-state index is 0.190. The fraction of sp³-hybridized carbons (Fsp3) is 0.643. The Bertz CT molecular complexity index is 670. The van der Waals surface area contributed by atoms with Gasteiger partial charge in [0.05, 0.1) is 0 Å². The number of hydrogen-bond acceptors (Lipinski definition) is 6. The van der Waals surface area contributed by atoms with E-state index in [0.717, 1.165) is 25.7 Å². The van der Waals surface area contributed by atoms with E-state index in [1.807, 2.05) is 0 Å². The van der Waals surface area contributed by atoms with Crippen LogP contribution in [0.3, 0.4) is 0 Å². The molecule has 1 heterocycles. The first-order valence-electron chi connectivity index (χ1n) is 7.57. The molecule has 0 saturated carbocycles. The number of aryl methyl sites for hydroxylation is 1. The van der Waals surface area contributed by atoms with Crippen LogP contribution in [0.1, 0.15) is 44.2 Å². The van der Waals surface area contributed by atoms with E-state index in [-0.39, 0.29) is 23.2 Å². The van der Waals surface area contributed by atoms with Crippen LogP contribution in [-0.2, 0) is 14.6 Å². The van der Waals surface area contributed by atoms with Crippen molar-refractivity contribution >= 4 is 21.7 Å². The molecule has 0 atom stereocenters. The van der Waals surface area contributed by atoms with Gasteiger partial charge in [0.15, 0.2) is 0 Å². The van der Waals surface area contributed by atoms with Gasteiger partial charge in [-0.3, -0.25) is 25.4 Å². The molecule has 0 aliphatic heterocycles. The number of nitrogens with one attached hydrogen (secondary N) is 3. The van der Waals surface area contributed by atoms with E-state index in [2.05, 4.69) is 20.8 Å². The highest BCUT2D eigenvalue weighted by molar-refractivity contribution is 7.90. The van der Waals surface area contributed by atoms with E-state index in [1.54, 1.807) is 6.92 Å². The zero-order valence-corrected chi connectivity index (χ0v) is 14.3. The van der Waals surface area contributed by atoms with Gasteiger partial charge in [-0.1, -0.05) is 19.3 Å². The van der Waals surface area contributed by atoms with Gasteiger partial charge >= 0.3 is 0 Å². The summed E-state index contributed by atoms with van der Waals surface area (Å²) >= 11 is 0. The maximum absolute atomic E-state index is 11.6. The maximum atomic E-state index is 11.6. The molecule has 3 N–H and O–H groups in total. The summed E-state index contributed by atoms with van der Waals surface area (Å²) in [6.45, 7) is 1.69. The van der Waals surface area contributed by atoms with Crippen LogP contribution in [0.4, 0.5) is 5.95 Å². The number of carbonyl (C=O) groups excluding carboxylic acids is 1. The van der Waals surface area contributed by atoms with Crippen LogP contribution in [0.5, 0.6) is 0 Å². The lowest BCUT2D eigenvalue weighted by atomic mass is 10.1. The lowest BCUT2D eigenvalue weighted by Gasteiger charge is -2.07. The first-order valence-corrected chi connectivity index (χ1v) is 9.63. The fourth-order valence-electron chi connectivity index (χ4n) is 2.01. The molecule has 23 heavy (non-hydrogen) atoms. The third kappa shape index (κ3) is 9.67. The number of amides is 1. The largest absolute Gasteiger partial charge is 0.291 e. The lowest BCUT2D eigenvalue weighted by Crippen LogP contribution is -2.31. The predicted molar refractivity (Wildman–Crippen MR) is 88.8 cm³/mol. The van der Waals surface area contributed by atoms with Crippen LogP contribution in [0.15, 0.2) is 10.9 Å². The molecular weight excluding hydrogens is 320 g/mol. The molecule has 130 valence electrons. The number of carbonyl (C=O) groups is 1. The zero-order chi connectivity index (χ0) is 17.3. The number of rotatable bonds is 10. The summed E-state index contributed by atoms with van der Waals surface area (Å²) in [5.41, 5.74) is 5.31. The third-order valence-electron chi connectivity index (χ3n) is 3.11. The molecule has 0 aromatic carbocycles. The normalized spacial score (nSPS) is 11.2. The first kappa shape index (κ1) is 19.1. The predicted octanol–water partition coefficient (Wildman–Crippen LogP) is 0.907. The van der Waals surface area contributed by atoms with Gasteiger partial charge in [0.2, 0.25) is 11.9 Å². The Balaban J connectivity index is 2.12. The molecule has 1 aromatic heterocycles. The van der Waals surface area contributed by atoms with Crippen molar-refractivity contribution in [1.82, 2.24) is 15.4 Å². The summed E-state index contributed by atoms with van der Waals surface area (Å²) in [6.07, 6.45) is 5.61. The third-order valence-corrected chi connectivity index (χ3v) is 4.14. The molecule has 8 nitrogen and oxygen atoms in total. The molecule has 0 fully saturated rings. The number of nitrogens with zero attached hydrogens (tertiary/aromatic N) is 1. The van der Waals surface area contributed by atoms with Crippen molar-refractivity contribution in [3.05, 3.63) is 22.1 Å². The van der Waals surface area contributed by atoms with Crippen molar-refractivity contribution in [2.45, 2.75) is 45.4 Å². The van der Waals surface area contributed by atoms with Crippen LogP contribution in [0, 0.1) is 6.92 Å². The number of unbranched alkanes of at least 4 members (excludes halogenated alkanes) is 4. The minimum atomic E-state index is -2.87. The Kier molecular flexibility index (Phi) is 7.73. The zero-order valence-electron chi connectivity index (χ0n) is 13.5. The van der Waals surface area contributed by atoms with Gasteiger partial charge in [0, 0.05) is 30.2 Å². The summed E-state index contributed by atoms with van der Waals surface area (Å²) in [6, 6.07) is 1.36. The van der Waals surface area contributed by atoms with Gasteiger partial charge in [-0.25, -0.2) is 13.4 Å². The van der Waals surface area contributed by atoms with Crippen molar-refractivity contribution < 1.29 is 13.2 Å². The van der Waals surface area contributed by atoms with Crippen molar-refractivity contribution in [2.75, 3.05) is 17.4 Å². The van der Waals surface area contributed by atoms with E-state index in [4.69, 9.17) is 0 Å². The summed E-state index contributed by atoms with van der Waals surface area (Å²) < 4.78 is 21.9. The molecule has 1 aromatic rings. The molecule has 0 aliphatic rings. The molecule has 0 spiro atoms. The number of hydrazine groups is 1. The van der Waals surface area contributed by atoms with Crippen LogP contribution in [-0.4, -0.2) is 36.3 Å². The Morgan fingerprint density at radius 3 is 2.52 bits per heavy atom. The Labute approximate surface area is 136 Å². The fourth-order valence-corrected chi connectivity index (χ4v) is 2.74. The second-order valence-corrected chi connectivity index (χ2v) is 7.82. The van der Waals surface area contributed by atoms with E-state index in [9.17, 15) is 18.0 Å². The number of sulfone groups is 1. The van der Waals surface area contributed by atoms with Gasteiger partial charge in [0.25, 0.3) is 5.56 Å². The average Bonchev–Trinajstić information content (AvgIpc) is 2.42. The summed E-state index contributed by atoms with van der Waals surface area (Å²) in [5, 5.41) is 0. The summed E-state index contributed by atoms with van der Waals surface area (Å²) in [5.74, 6) is 0.230. The van der Waals surface area contributed by atoms with E-state index in [0.29, 0.717) is 18.5 Å². The van der Waals surface area contributed by atoms with E-state index < -0.39 is 9.84 Å². The molecule has 1 amide bonds. The van der Waals surface area contributed by atoms with Gasteiger partial charge < -0.3 is 0 Å². The number of aromatic nitrogens is 2. The van der Waals surface area contributed by atoms with Gasteiger partial charge in [-0.15, -0.1) is 0 Å². The van der Waals surface area contributed by atoms with Crippen LogP contribution in [0.2, 0.25) is 0 Å². The Hall–Kier alpha value is -1.90. The molecule has 0 unspecified atom stereocenters. The summed E-state index contributed by atoms with van der Waals surface area (Å²) in [7, 11) is -2.87. The van der Waals surface area contributed by atoms with Gasteiger partial charge in [-0.05, 0) is 19.8 Å². The SMILES string of the molecule is Cc1cc(=O)[nH]c(NNC(=O)CCCCCCCS(C)(=O)=O)n1. The molecular formula is C14H24N4O4S. The second-order valence-electron chi connectivity index (χ2n) is 5.56. The number of anilines is 1. The molecule has 1 rings (SSSR count).